The van der Waals surface area contributed by atoms with Gasteiger partial charge in [-0.2, -0.15) is 5.26 Å². The Bertz CT molecular complexity index is 340. The summed E-state index contributed by atoms with van der Waals surface area (Å²) in [4.78, 5) is 12.0. The number of hydrogen-bond donors (Lipinski definition) is 2. The Morgan fingerprint density at radius 2 is 1.80 bits per heavy atom. The molecule has 1 aliphatic carbocycles. The first-order chi connectivity index (χ1) is 9.48. The molecule has 0 radical (unpaired) electrons. The fraction of sp³-hybridized carbons (Fsp3) is 0.875. The van der Waals surface area contributed by atoms with E-state index >= 15 is 0 Å². The maximum Gasteiger partial charge on any atom is 0.235 e. The molecule has 20 heavy (non-hydrogen) atoms. The second kappa shape index (κ2) is 8.26. The van der Waals surface area contributed by atoms with Gasteiger partial charge in [-0.25, -0.2) is 0 Å². The number of nitrogens with one attached hydrogen (secondary N) is 2. The van der Waals surface area contributed by atoms with Crippen LogP contribution in [0.4, 0.5) is 0 Å². The van der Waals surface area contributed by atoms with Gasteiger partial charge < -0.3 is 10.6 Å². The minimum atomic E-state index is -0.778. The Kier molecular flexibility index (Phi) is 7.01. The first-order valence-electron chi connectivity index (χ1n) is 7.93. The Morgan fingerprint density at radius 3 is 2.30 bits per heavy atom. The van der Waals surface area contributed by atoms with E-state index in [2.05, 4.69) is 16.7 Å². The zero-order valence-corrected chi connectivity index (χ0v) is 13.2. The van der Waals surface area contributed by atoms with E-state index in [1.165, 1.54) is 32.1 Å². The molecular weight excluding hydrogens is 250 g/mol. The van der Waals surface area contributed by atoms with Crippen molar-refractivity contribution < 1.29 is 4.79 Å². The maximum atomic E-state index is 12.0. The van der Waals surface area contributed by atoms with Gasteiger partial charge in [0.15, 0.2) is 0 Å². The predicted octanol–water partition coefficient (Wildman–Crippen LogP) is 2.74. The lowest BCUT2D eigenvalue weighted by atomic mass is 9.90. The molecule has 0 aromatic rings. The summed E-state index contributed by atoms with van der Waals surface area (Å²) in [5.74, 6) is 0.0163. The van der Waals surface area contributed by atoms with E-state index in [9.17, 15) is 10.1 Å². The Balaban J connectivity index is 2.36. The Hall–Kier alpha value is -1.08. The predicted molar refractivity (Wildman–Crippen MR) is 81.1 cm³/mol. The molecule has 114 valence electrons. The smallest absolute Gasteiger partial charge is 0.235 e. The lowest BCUT2D eigenvalue weighted by Crippen LogP contribution is -2.52. The second-order valence-corrected chi connectivity index (χ2v) is 6.44. The van der Waals surface area contributed by atoms with Gasteiger partial charge in [0.05, 0.1) is 12.6 Å². The van der Waals surface area contributed by atoms with Crippen molar-refractivity contribution in [1.29, 1.82) is 5.26 Å². The molecule has 4 heteroatoms. The molecule has 1 aliphatic rings. The van der Waals surface area contributed by atoms with E-state index in [0.717, 1.165) is 12.8 Å². The summed E-state index contributed by atoms with van der Waals surface area (Å²) in [7, 11) is 0. The van der Waals surface area contributed by atoms with Crippen LogP contribution in [0, 0.1) is 17.2 Å². The Labute approximate surface area is 123 Å². The van der Waals surface area contributed by atoms with Crippen molar-refractivity contribution in [3.63, 3.8) is 0 Å². The standard InChI is InChI=1S/C16H29N3O/c1-13(2)16(3,12-17)19-15(20)11-18-14-9-7-5-4-6-8-10-14/h13-14,18H,4-11H2,1-3H3,(H,19,20)/t16-/m1/s1. The highest BCUT2D eigenvalue weighted by molar-refractivity contribution is 5.79. The van der Waals surface area contributed by atoms with Gasteiger partial charge in [0, 0.05) is 6.04 Å². The molecule has 0 spiro atoms. The fourth-order valence-electron chi connectivity index (χ4n) is 2.53. The van der Waals surface area contributed by atoms with Crippen LogP contribution in [0.25, 0.3) is 0 Å². The fourth-order valence-corrected chi connectivity index (χ4v) is 2.53. The number of rotatable bonds is 5. The summed E-state index contributed by atoms with van der Waals surface area (Å²) < 4.78 is 0. The van der Waals surface area contributed by atoms with Gasteiger partial charge in [-0.15, -0.1) is 0 Å². The van der Waals surface area contributed by atoms with Crippen molar-refractivity contribution >= 4 is 5.91 Å². The van der Waals surface area contributed by atoms with E-state index in [-0.39, 0.29) is 11.8 Å². The van der Waals surface area contributed by atoms with Gasteiger partial charge in [-0.05, 0) is 25.7 Å². The van der Waals surface area contributed by atoms with Gasteiger partial charge in [0.2, 0.25) is 5.91 Å². The van der Waals surface area contributed by atoms with Gasteiger partial charge in [-0.1, -0.05) is 46.0 Å². The molecule has 2 N–H and O–H groups in total. The van der Waals surface area contributed by atoms with E-state index in [1.54, 1.807) is 6.92 Å². The molecule has 0 aliphatic heterocycles. The van der Waals surface area contributed by atoms with Crippen molar-refractivity contribution in [1.82, 2.24) is 10.6 Å². The van der Waals surface area contributed by atoms with Crippen molar-refractivity contribution in [2.75, 3.05) is 6.54 Å². The highest BCUT2D eigenvalue weighted by Gasteiger charge is 2.29. The molecule has 4 nitrogen and oxygen atoms in total. The number of nitrogens with zero attached hydrogens (tertiary/aromatic N) is 1. The number of amides is 1. The van der Waals surface area contributed by atoms with E-state index in [1.807, 2.05) is 13.8 Å². The van der Waals surface area contributed by atoms with Crippen LogP contribution in [0.3, 0.4) is 0 Å². The van der Waals surface area contributed by atoms with Crippen LogP contribution >= 0.6 is 0 Å². The van der Waals surface area contributed by atoms with E-state index in [4.69, 9.17) is 0 Å². The number of nitriles is 1. The van der Waals surface area contributed by atoms with Crippen LogP contribution in [0.5, 0.6) is 0 Å². The van der Waals surface area contributed by atoms with Crippen LogP contribution in [0.1, 0.15) is 65.7 Å². The molecule has 0 saturated heterocycles. The molecule has 1 amide bonds. The molecule has 1 fully saturated rings. The normalized spacial score (nSPS) is 20.6. The number of hydrogen-bond acceptors (Lipinski definition) is 3. The second-order valence-electron chi connectivity index (χ2n) is 6.44. The summed E-state index contributed by atoms with van der Waals surface area (Å²) in [5.41, 5.74) is -0.778. The molecule has 1 saturated carbocycles. The third-order valence-corrected chi connectivity index (χ3v) is 4.44. The molecule has 1 rings (SSSR count). The molecule has 0 unspecified atom stereocenters. The van der Waals surface area contributed by atoms with Crippen LogP contribution in [-0.2, 0) is 4.79 Å². The average Bonchev–Trinajstić information content (AvgIpc) is 2.37. The lowest BCUT2D eigenvalue weighted by Gasteiger charge is -2.28. The van der Waals surface area contributed by atoms with Crippen molar-refractivity contribution in [2.24, 2.45) is 5.92 Å². The quantitative estimate of drug-likeness (QED) is 0.813. The Morgan fingerprint density at radius 1 is 1.25 bits per heavy atom. The topological polar surface area (TPSA) is 64.9 Å². The number of carbonyl (C=O) groups is 1. The zero-order chi connectivity index (χ0) is 15.0. The largest absolute Gasteiger partial charge is 0.337 e. The van der Waals surface area contributed by atoms with Gasteiger partial charge in [0.1, 0.15) is 5.54 Å². The third-order valence-electron chi connectivity index (χ3n) is 4.44. The van der Waals surface area contributed by atoms with Gasteiger partial charge in [-0.3, -0.25) is 4.79 Å². The minimum Gasteiger partial charge on any atom is -0.337 e. The SMILES string of the molecule is CC(C)[C@@](C)(C#N)NC(=O)CNC1CCCCCCC1. The van der Waals surface area contributed by atoms with Gasteiger partial charge in [0.25, 0.3) is 0 Å². The molecule has 0 heterocycles. The zero-order valence-electron chi connectivity index (χ0n) is 13.2. The van der Waals surface area contributed by atoms with Crippen molar-refractivity contribution in [2.45, 2.75) is 77.3 Å². The third kappa shape index (κ3) is 5.50. The highest BCUT2D eigenvalue weighted by Crippen LogP contribution is 2.17. The lowest BCUT2D eigenvalue weighted by molar-refractivity contribution is -0.122. The van der Waals surface area contributed by atoms with Crippen molar-refractivity contribution in [3.05, 3.63) is 0 Å². The first-order valence-corrected chi connectivity index (χ1v) is 7.93. The highest BCUT2D eigenvalue weighted by atomic mass is 16.2. The van der Waals surface area contributed by atoms with E-state index < -0.39 is 5.54 Å². The van der Waals surface area contributed by atoms with E-state index in [0.29, 0.717) is 12.6 Å². The molecule has 0 aromatic carbocycles. The molecule has 0 aromatic heterocycles. The van der Waals surface area contributed by atoms with Crippen LogP contribution in [-0.4, -0.2) is 24.0 Å². The summed E-state index contributed by atoms with van der Waals surface area (Å²) in [6, 6.07) is 2.66. The minimum absolute atomic E-state index is 0.0789. The molecular formula is C16H29N3O. The van der Waals surface area contributed by atoms with Gasteiger partial charge >= 0.3 is 0 Å². The van der Waals surface area contributed by atoms with Crippen LogP contribution in [0.15, 0.2) is 0 Å². The molecule has 1 atom stereocenters. The number of carbonyl (C=O) groups excluding carboxylic acids is 1. The maximum absolute atomic E-state index is 12.0. The van der Waals surface area contributed by atoms with Crippen LogP contribution in [0.2, 0.25) is 0 Å². The summed E-state index contributed by atoms with van der Waals surface area (Å²) >= 11 is 0. The molecule has 0 bridgehead atoms. The first kappa shape index (κ1) is 17.0. The monoisotopic (exact) mass is 279 g/mol. The summed E-state index contributed by atoms with van der Waals surface area (Å²) in [6.45, 7) is 6.00. The summed E-state index contributed by atoms with van der Waals surface area (Å²) in [5, 5.41) is 15.4. The average molecular weight is 279 g/mol. The summed E-state index contributed by atoms with van der Waals surface area (Å²) in [6.07, 6.45) is 8.79. The van der Waals surface area contributed by atoms with Crippen molar-refractivity contribution in [3.8, 4) is 6.07 Å². The van der Waals surface area contributed by atoms with Crippen LogP contribution < -0.4 is 10.6 Å².